The van der Waals surface area contributed by atoms with Crippen molar-refractivity contribution in [2.24, 2.45) is 11.7 Å². The molecule has 3 N–H and O–H groups in total. The van der Waals surface area contributed by atoms with Gasteiger partial charge in [0.25, 0.3) is 0 Å². The van der Waals surface area contributed by atoms with Gasteiger partial charge in [-0.25, -0.2) is 0 Å². The molecule has 0 heterocycles. The Bertz CT molecular complexity index is 192. The van der Waals surface area contributed by atoms with Gasteiger partial charge in [0.15, 0.2) is 0 Å². The van der Waals surface area contributed by atoms with Gasteiger partial charge in [0.2, 0.25) is 5.91 Å². The molecule has 0 bridgehead atoms. The molecule has 0 aliphatic carbocycles. The van der Waals surface area contributed by atoms with Gasteiger partial charge in [-0.15, -0.1) is 0 Å². The lowest BCUT2D eigenvalue weighted by Gasteiger charge is -2.19. The van der Waals surface area contributed by atoms with Crippen LogP contribution in [0.25, 0.3) is 0 Å². The molecule has 1 amide bonds. The second-order valence-electron chi connectivity index (χ2n) is 4.91. The molecule has 0 saturated heterocycles. The van der Waals surface area contributed by atoms with Crippen molar-refractivity contribution in [2.75, 3.05) is 0 Å². The molecule has 0 rings (SSSR count). The fraction of sp³-hybridized carbons (Fsp3) is 0.923. The Balaban J connectivity index is 3.69. The van der Waals surface area contributed by atoms with E-state index < -0.39 is 0 Å². The first-order valence-corrected chi connectivity index (χ1v) is 6.55. The smallest absolute Gasteiger partial charge is 0.224 e. The van der Waals surface area contributed by atoms with Crippen LogP contribution in [-0.4, -0.2) is 18.0 Å². The van der Waals surface area contributed by atoms with E-state index in [1.165, 1.54) is 25.7 Å². The Kier molecular flexibility index (Phi) is 8.26. The molecule has 3 atom stereocenters. The molecule has 0 aliphatic rings. The molecule has 0 aromatic rings. The molecule has 0 aromatic carbocycles. The number of unbranched alkanes of at least 4 members (excludes halogenated alkanes) is 3. The maximum absolute atomic E-state index is 11.7. The number of rotatable bonds is 8. The first kappa shape index (κ1) is 15.4. The van der Waals surface area contributed by atoms with Crippen LogP contribution in [-0.2, 0) is 4.79 Å². The van der Waals surface area contributed by atoms with Crippen LogP contribution in [0.15, 0.2) is 0 Å². The molecule has 3 heteroatoms. The van der Waals surface area contributed by atoms with Crippen molar-refractivity contribution < 1.29 is 4.79 Å². The first-order valence-electron chi connectivity index (χ1n) is 6.55. The molecule has 0 radical (unpaired) electrons. The van der Waals surface area contributed by atoms with Crippen LogP contribution in [0.3, 0.4) is 0 Å². The van der Waals surface area contributed by atoms with Gasteiger partial charge in [-0.05, 0) is 20.3 Å². The van der Waals surface area contributed by atoms with Crippen LogP contribution in [0.5, 0.6) is 0 Å². The molecule has 3 unspecified atom stereocenters. The van der Waals surface area contributed by atoms with E-state index in [-0.39, 0.29) is 23.9 Å². The van der Waals surface area contributed by atoms with Crippen LogP contribution in [0.4, 0.5) is 0 Å². The van der Waals surface area contributed by atoms with Crippen molar-refractivity contribution >= 4 is 5.91 Å². The molecular formula is C13H28N2O. The van der Waals surface area contributed by atoms with Gasteiger partial charge < -0.3 is 11.1 Å². The fourth-order valence-electron chi connectivity index (χ4n) is 1.56. The van der Waals surface area contributed by atoms with Gasteiger partial charge in [-0.1, -0.05) is 39.5 Å². The molecule has 96 valence electrons. The molecule has 0 saturated carbocycles. The topological polar surface area (TPSA) is 55.1 Å². The van der Waals surface area contributed by atoms with Crippen LogP contribution in [0.2, 0.25) is 0 Å². The molecule has 0 aromatic heterocycles. The van der Waals surface area contributed by atoms with Gasteiger partial charge in [-0.2, -0.15) is 0 Å². The number of carbonyl (C=O) groups is 1. The molecule has 0 fully saturated rings. The minimum absolute atomic E-state index is 0.0766. The molecule has 3 nitrogen and oxygen atoms in total. The number of hydrogen-bond acceptors (Lipinski definition) is 2. The Hall–Kier alpha value is -0.570. The maximum Gasteiger partial charge on any atom is 0.224 e. The van der Waals surface area contributed by atoms with Gasteiger partial charge in [-0.3, -0.25) is 4.79 Å². The third-order valence-electron chi connectivity index (χ3n) is 3.08. The standard InChI is InChI=1S/C13H28N2O/c1-5-6-7-8-9-10(2)15-13(16)11(3)12(4)14/h10-12H,5-9,14H2,1-4H3,(H,15,16). The highest BCUT2D eigenvalue weighted by molar-refractivity contribution is 5.79. The van der Waals surface area contributed by atoms with E-state index in [4.69, 9.17) is 5.73 Å². The SMILES string of the molecule is CCCCCCC(C)NC(=O)C(C)C(C)N. The third kappa shape index (κ3) is 6.83. The van der Waals surface area contributed by atoms with Gasteiger partial charge in [0, 0.05) is 18.0 Å². The molecule has 0 aliphatic heterocycles. The van der Waals surface area contributed by atoms with E-state index in [0.717, 1.165) is 6.42 Å². The molecule has 0 spiro atoms. The number of nitrogens with two attached hydrogens (primary N) is 1. The Morgan fingerprint density at radius 3 is 2.31 bits per heavy atom. The average molecular weight is 228 g/mol. The number of amides is 1. The summed E-state index contributed by atoms with van der Waals surface area (Å²) in [4.78, 5) is 11.7. The molecular weight excluding hydrogens is 200 g/mol. The summed E-state index contributed by atoms with van der Waals surface area (Å²) in [7, 11) is 0. The summed E-state index contributed by atoms with van der Waals surface area (Å²) < 4.78 is 0. The van der Waals surface area contributed by atoms with Crippen molar-refractivity contribution in [3.63, 3.8) is 0 Å². The van der Waals surface area contributed by atoms with Crippen molar-refractivity contribution in [3.8, 4) is 0 Å². The largest absolute Gasteiger partial charge is 0.353 e. The zero-order valence-electron chi connectivity index (χ0n) is 11.3. The zero-order valence-corrected chi connectivity index (χ0v) is 11.3. The normalized spacial score (nSPS) is 16.6. The van der Waals surface area contributed by atoms with Crippen molar-refractivity contribution in [2.45, 2.75) is 71.9 Å². The van der Waals surface area contributed by atoms with Gasteiger partial charge in [0.05, 0.1) is 0 Å². The highest BCUT2D eigenvalue weighted by atomic mass is 16.1. The Morgan fingerprint density at radius 2 is 1.81 bits per heavy atom. The van der Waals surface area contributed by atoms with Crippen molar-refractivity contribution in [1.29, 1.82) is 0 Å². The average Bonchev–Trinajstić information content (AvgIpc) is 2.23. The number of carbonyl (C=O) groups excluding carboxylic acids is 1. The van der Waals surface area contributed by atoms with E-state index in [1.807, 2.05) is 13.8 Å². The van der Waals surface area contributed by atoms with Gasteiger partial charge >= 0.3 is 0 Å². The highest BCUT2D eigenvalue weighted by Gasteiger charge is 2.18. The van der Waals surface area contributed by atoms with Crippen LogP contribution < -0.4 is 11.1 Å². The maximum atomic E-state index is 11.7. The van der Waals surface area contributed by atoms with Gasteiger partial charge in [0.1, 0.15) is 0 Å². The quantitative estimate of drug-likeness (QED) is 0.627. The van der Waals surface area contributed by atoms with E-state index in [1.54, 1.807) is 0 Å². The highest BCUT2D eigenvalue weighted by Crippen LogP contribution is 2.06. The van der Waals surface area contributed by atoms with E-state index >= 15 is 0 Å². The minimum Gasteiger partial charge on any atom is -0.353 e. The lowest BCUT2D eigenvalue weighted by atomic mass is 10.0. The first-order chi connectivity index (χ1) is 7.49. The number of nitrogens with one attached hydrogen (secondary N) is 1. The van der Waals surface area contributed by atoms with Crippen LogP contribution in [0.1, 0.15) is 59.8 Å². The van der Waals surface area contributed by atoms with Crippen LogP contribution in [0, 0.1) is 5.92 Å². The predicted octanol–water partition coefficient (Wildman–Crippen LogP) is 2.44. The van der Waals surface area contributed by atoms with E-state index in [0.29, 0.717) is 0 Å². The monoisotopic (exact) mass is 228 g/mol. The molecule has 16 heavy (non-hydrogen) atoms. The summed E-state index contributed by atoms with van der Waals surface area (Å²) in [6.07, 6.45) is 6.07. The predicted molar refractivity (Wildman–Crippen MR) is 69.2 cm³/mol. The van der Waals surface area contributed by atoms with E-state index in [2.05, 4.69) is 19.2 Å². The van der Waals surface area contributed by atoms with Crippen molar-refractivity contribution in [1.82, 2.24) is 5.32 Å². The second kappa shape index (κ2) is 8.57. The van der Waals surface area contributed by atoms with Crippen LogP contribution >= 0.6 is 0 Å². The summed E-state index contributed by atoms with van der Waals surface area (Å²) in [5.41, 5.74) is 5.69. The number of hydrogen-bond donors (Lipinski definition) is 2. The summed E-state index contributed by atoms with van der Waals surface area (Å²) in [5, 5.41) is 3.02. The third-order valence-corrected chi connectivity index (χ3v) is 3.08. The zero-order chi connectivity index (χ0) is 12.6. The summed E-state index contributed by atoms with van der Waals surface area (Å²) >= 11 is 0. The summed E-state index contributed by atoms with van der Waals surface area (Å²) in [5.74, 6) is -0.0175. The van der Waals surface area contributed by atoms with E-state index in [9.17, 15) is 4.79 Å². The Morgan fingerprint density at radius 1 is 1.19 bits per heavy atom. The fourth-order valence-corrected chi connectivity index (χ4v) is 1.56. The van der Waals surface area contributed by atoms with Crippen molar-refractivity contribution in [3.05, 3.63) is 0 Å². The summed E-state index contributed by atoms with van der Waals surface area (Å²) in [6.45, 7) is 8.02. The lowest BCUT2D eigenvalue weighted by Crippen LogP contribution is -2.42. The Labute approximate surface area is 100 Å². The minimum atomic E-state index is -0.0990. The lowest BCUT2D eigenvalue weighted by molar-refractivity contribution is -0.125. The summed E-state index contributed by atoms with van der Waals surface area (Å²) in [6, 6.07) is 0.192. The second-order valence-corrected chi connectivity index (χ2v) is 4.91.